The van der Waals surface area contributed by atoms with E-state index in [-0.39, 0.29) is 27.9 Å². The van der Waals surface area contributed by atoms with Crippen LogP contribution in [0.2, 0.25) is 5.02 Å². The van der Waals surface area contributed by atoms with E-state index in [0.717, 1.165) is 5.56 Å². The fourth-order valence-corrected chi connectivity index (χ4v) is 4.00. The molecular weight excluding hydrogens is 433 g/mol. The van der Waals surface area contributed by atoms with E-state index in [4.69, 9.17) is 11.6 Å². The zero-order valence-corrected chi connectivity index (χ0v) is 19.4. The van der Waals surface area contributed by atoms with Crippen LogP contribution in [0.15, 0.2) is 30.5 Å². The van der Waals surface area contributed by atoms with Gasteiger partial charge in [-0.1, -0.05) is 32.4 Å². The number of imidazole rings is 1. The summed E-state index contributed by atoms with van der Waals surface area (Å²) in [6, 6.07) is 6.32. The molecule has 2 aromatic heterocycles. The molecule has 3 heterocycles. The molecule has 0 unspecified atom stereocenters. The zero-order valence-electron chi connectivity index (χ0n) is 18.7. The first-order valence-corrected chi connectivity index (χ1v) is 10.7. The standard InChI is InChI=1S/C23H25ClFN5O2/c1-22(2,3)14-11-17(13-6-7-16(25)15(24)10-13)28-30-12-18(27-19(14)30)20(31)29-9-8-26-21(32)23(29,4)5/h6-7,10-12H,8-9H2,1-5H3,(H,26,32). The SMILES string of the molecule is CC(C)(C)c1cc(-c2ccc(F)c(Cl)c2)nn2cc(C(=O)N3CCNC(=O)C3(C)C)nc12. The monoisotopic (exact) mass is 457 g/mol. The molecular formula is C23H25ClFN5O2. The van der Waals surface area contributed by atoms with Crippen LogP contribution in [0.4, 0.5) is 4.39 Å². The number of fused-ring (bicyclic) bond motifs is 1. The van der Waals surface area contributed by atoms with E-state index in [2.05, 4.69) is 15.4 Å². The number of carbonyl (C=O) groups is 2. The molecule has 0 spiro atoms. The number of nitrogens with one attached hydrogen (secondary N) is 1. The third-order valence-electron chi connectivity index (χ3n) is 5.76. The first-order chi connectivity index (χ1) is 14.9. The normalized spacial score (nSPS) is 16.3. The molecule has 1 N–H and O–H groups in total. The van der Waals surface area contributed by atoms with Crippen molar-refractivity contribution in [2.75, 3.05) is 13.1 Å². The second-order valence-corrected chi connectivity index (χ2v) is 9.90. The molecule has 0 saturated carbocycles. The third-order valence-corrected chi connectivity index (χ3v) is 6.05. The Labute approximate surface area is 190 Å². The number of hydrogen-bond acceptors (Lipinski definition) is 4. The Morgan fingerprint density at radius 3 is 2.62 bits per heavy atom. The Balaban J connectivity index is 1.85. The van der Waals surface area contributed by atoms with Crippen LogP contribution in [0.3, 0.4) is 0 Å². The molecule has 0 radical (unpaired) electrons. The lowest BCUT2D eigenvalue weighted by Crippen LogP contribution is -2.63. The zero-order chi connectivity index (χ0) is 23.4. The number of rotatable bonds is 2. The van der Waals surface area contributed by atoms with Crippen LogP contribution >= 0.6 is 11.6 Å². The highest BCUT2D eigenvalue weighted by Crippen LogP contribution is 2.31. The first kappa shape index (κ1) is 22.2. The molecule has 1 aliphatic heterocycles. The Hall–Kier alpha value is -3.00. The second-order valence-electron chi connectivity index (χ2n) is 9.49. The van der Waals surface area contributed by atoms with Gasteiger partial charge in [0.1, 0.15) is 17.1 Å². The van der Waals surface area contributed by atoms with Crippen LogP contribution in [-0.4, -0.2) is 49.9 Å². The van der Waals surface area contributed by atoms with Gasteiger partial charge < -0.3 is 10.2 Å². The number of aromatic nitrogens is 3. The predicted molar refractivity (Wildman–Crippen MR) is 120 cm³/mol. The van der Waals surface area contributed by atoms with Gasteiger partial charge in [-0.2, -0.15) is 5.10 Å². The maximum Gasteiger partial charge on any atom is 0.275 e. The smallest absolute Gasteiger partial charge is 0.275 e. The molecule has 168 valence electrons. The predicted octanol–water partition coefficient (Wildman–Crippen LogP) is 3.84. The molecule has 1 aromatic carbocycles. The summed E-state index contributed by atoms with van der Waals surface area (Å²) in [5.74, 6) is -1.04. The van der Waals surface area contributed by atoms with Crippen molar-refractivity contribution in [3.05, 3.63) is 52.6 Å². The lowest BCUT2D eigenvalue weighted by atomic mass is 9.87. The summed E-state index contributed by atoms with van der Waals surface area (Å²) >= 11 is 5.98. The largest absolute Gasteiger partial charge is 0.352 e. The fraction of sp³-hybridized carbons (Fsp3) is 0.391. The lowest BCUT2D eigenvalue weighted by molar-refractivity contribution is -0.133. The molecule has 4 rings (SSSR count). The molecule has 2 amide bonds. The number of halogens is 2. The van der Waals surface area contributed by atoms with Crippen molar-refractivity contribution in [3.8, 4) is 11.3 Å². The van der Waals surface area contributed by atoms with Crippen LogP contribution in [0.5, 0.6) is 0 Å². The quantitative estimate of drug-likeness (QED) is 0.634. The minimum absolute atomic E-state index is 0.00816. The van der Waals surface area contributed by atoms with Crippen molar-refractivity contribution in [1.82, 2.24) is 24.8 Å². The minimum atomic E-state index is -0.985. The maximum absolute atomic E-state index is 13.7. The van der Waals surface area contributed by atoms with Crippen LogP contribution in [-0.2, 0) is 10.2 Å². The topological polar surface area (TPSA) is 79.6 Å². The number of nitrogens with zero attached hydrogens (tertiary/aromatic N) is 4. The van der Waals surface area contributed by atoms with Gasteiger partial charge in [-0.3, -0.25) is 9.59 Å². The van der Waals surface area contributed by atoms with Crippen molar-refractivity contribution >= 4 is 29.1 Å². The van der Waals surface area contributed by atoms with Crippen LogP contribution in [0.25, 0.3) is 16.9 Å². The van der Waals surface area contributed by atoms with Gasteiger partial charge >= 0.3 is 0 Å². The van der Waals surface area contributed by atoms with Gasteiger partial charge in [-0.15, -0.1) is 0 Å². The van der Waals surface area contributed by atoms with E-state index in [1.807, 2.05) is 26.8 Å². The molecule has 7 nitrogen and oxygen atoms in total. The Bertz CT molecular complexity index is 1250. The number of benzene rings is 1. The highest BCUT2D eigenvalue weighted by molar-refractivity contribution is 6.31. The van der Waals surface area contributed by atoms with Crippen molar-refractivity contribution in [1.29, 1.82) is 0 Å². The van der Waals surface area contributed by atoms with Gasteiger partial charge in [0.25, 0.3) is 5.91 Å². The average molecular weight is 458 g/mol. The fourth-order valence-electron chi connectivity index (χ4n) is 3.82. The Morgan fingerprint density at radius 2 is 1.97 bits per heavy atom. The molecule has 9 heteroatoms. The van der Waals surface area contributed by atoms with E-state index in [1.165, 1.54) is 17.0 Å². The number of amides is 2. The van der Waals surface area contributed by atoms with Crippen LogP contribution in [0, 0.1) is 5.82 Å². The molecule has 1 aliphatic rings. The van der Waals surface area contributed by atoms with E-state index < -0.39 is 11.4 Å². The second kappa shape index (κ2) is 7.55. The van der Waals surface area contributed by atoms with Crippen molar-refractivity contribution in [3.63, 3.8) is 0 Å². The van der Waals surface area contributed by atoms with E-state index in [0.29, 0.717) is 30.0 Å². The summed E-state index contributed by atoms with van der Waals surface area (Å²) in [5, 5.41) is 7.41. The van der Waals surface area contributed by atoms with Gasteiger partial charge in [0.15, 0.2) is 5.65 Å². The molecule has 32 heavy (non-hydrogen) atoms. The Kier molecular flexibility index (Phi) is 5.24. The van der Waals surface area contributed by atoms with Crippen molar-refractivity contribution in [2.24, 2.45) is 0 Å². The average Bonchev–Trinajstić information content (AvgIpc) is 3.14. The summed E-state index contributed by atoms with van der Waals surface area (Å²) < 4.78 is 15.2. The summed E-state index contributed by atoms with van der Waals surface area (Å²) in [6.45, 7) is 10.3. The lowest BCUT2D eigenvalue weighted by Gasteiger charge is -2.40. The maximum atomic E-state index is 13.7. The molecule has 0 bridgehead atoms. The van der Waals surface area contributed by atoms with E-state index >= 15 is 0 Å². The van der Waals surface area contributed by atoms with E-state index in [9.17, 15) is 14.0 Å². The van der Waals surface area contributed by atoms with Crippen LogP contribution in [0.1, 0.15) is 50.7 Å². The van der Waals surface area contributed by atoms with E-state index in [1.54, 1.807) is 30.6 Å². The Morgan fingerprint density at radius 1 is 1.25 bits per heavy atom. The summed E-state index contributed by atoms with van der Waals surface area (Å²) in [5.41, 5.74) is 1.58. The molecule has 0 atom stereocenters. The van der Waals surface area contributed by atoms with Gasteiger partial charge in [0.05, 0.1) is 16.9 Å². The van der Waals surface area contributed by atoms with Gasteiger partial charge in [0, 0.05) is 24.2 Å². The highest BCUT2D eigenvalue weighted by atomic mass is 35.5. The summed E-state index contributed by atoms with van der Waals surface area (Å²) in [4.78, 5) is 31.7. The third kappa shape index (κ3) is 3.72. The summed E-state index contributed by atoms with van der Waals surface area (Å²) in [7, 11) is 0. The molecule has 3 aromatic rings. The van der Waals surface area contributed by atoms with Crippen LogP contribution < -0.4 is 5.32 Å². The van der Waals surface area contributed by atoms with Crippen molar-refractivity contribution in [2.45, 2.75) is 45.6 Å². The minimum Gasteiger partial charge on any atom is -0.352 e. The van der Waals surface area contributed by atoms with Gasteiger partial charge in [-0.25, -0.2) is 13.9 Å². The van der Waals surface area contributed by atoms with Crippen molar-refractivity contribution < 1.29 is 14.0 Å². The number of piperazine rings is 1. The number of hydrogen-bond donors (Lipinski definition) is 1. The number of carbonyl (C=O) groups excluding carboxylic acids is 2. The van der Waals surface area contributed by atoms with Gasteiger partial charge in [0.2, 0.25) is 5.91 Å². The van der Waals surface area contributed by atoms with Gasteiger partial charge in [-0.05, 0) is 43.5 Å². The molecule has 1 fully saturated rings. The summed E-state index contributed by atoms with van der Waals surface area (Å²) in [6.07, 6.45) is 1.57. The molecule has 1 saturated heterocycles. The first-order valence-electron chi connectivity index (χ1n) is 10.4. The highest BCUT2D eigenvalue weighted by Gasteiger charge is 2.41. The molecule has 0 aliphatic carbocycles.